The highest BCUT2D eigenvalue weighted by atomic mass is 35.5. The van der Waals surface area contributed by atoms with Gasteiger partial charge in [-0.3, -0.25) is 4.98 Å². The largest absolute Gasteiger partial charge is 0.326 e. The number of halogens is 1. The summed E-state index contributed by atoms with van der Waals surface area (Å²) in [6.45, 7) is 1.04. The third-order valence-corrected chi connectivity index (χ3v) is 5.93. The summed E-state index contributed by atoms with van der Waals surface area (Å²) in [4.78, 5) is 8.90. The molecule has 1 fully saturated rings. The minimum atomic E-state index is 0.373. The van der Waals surface area contributed by atoms with E-state index >= 15 is 0 Å². The lowest BCUT2D eigenvalue weighted by Crippen LogP contribution is -2.27. The highest BCUT2D eigenvalue weighted by molar-refractivity contribution is 8.00. The summed E-state index contributed by atoms with van der Waals surface area (Å²) in [5.74, 6) is 1.71. The molecule has 20 heavy (non-hydrogen) atoms. The van der Waals surface area contributed by atoms with Crippen molar-refractivity contribution in [1.29, 1.82) is 0 Å². The van der Waals surface area contributed by atoms with Crippen molar-refractivity contribution in [2.24, 2.45) is 0 Å². The first-order valence-corrected chi connectivity index (χ1v) is 8.94. The highest BCUT2D eigenvalue weighted by Crippen LogP contribution is 2.42. The van der Waals surface area contributed by atoms with Gasteiger partial charge in [-0.2, -0.15) is 11.8 Å². The van der Waals surface area contributed by atoms with E-state index in [1.165, 1.54) is 31.2 Å². The molecular weight excluding hydrogens is 290 g/mol. The monoisotopic (exact) mass is 309 g/mol. The van der Waals surface area contributed by atoms with Gasteiger partial charge in [-0.15, -0.1) is 11.6 Å². The summed E-state index contributed by atoms with van der Waals surface area (Å²) in [6.07, 6.45) is 12.1. The summed E-state index contributed by atoms with van der Waals surface area (Å²) in [6, 6.07) is 2.07. The van der Waals surface area contributed by atoms with Crippen LogP contribution in [0.25, 0.3) is 11.0 Å². The predicted molar refractivity (Wildman–Crippen MR) is 86.7 cm³/mol. The number of nitrogens with zero attached hydrogens (tertiary/aromatic N) is 3. The van der Waals surface area contributed by atoms with Crippen molar-refractivity contribution >= 4 is 34.4 Å². The molecule has 1 saturated carbocycles. The van der Waals surface area contributed by atoms with Gasteiger partial charge in [0, 0.05) is 29.8 Å². The van der Waals surface area contributed by atoms with Crippen LogP contribution in [0.2, 0.25) is 0 Å². The first-order valence-electron chi connectivity index (χ1n) is 7.18. The lowest BCUT2D eigenvalue weighted by atomic mass is 10.1. The van der Waals surface area contributed by atoms with Gasteiger partial charge in [0.15, 0.2) is 0 Å². The third-order valence-electron chi connectivity index (χ3n) is 4.34. The Hall–Kier alpha value is -0.740. The highest BCUT2D eigenvalue weighted by Gasteiger charge is 2.34. The smallest absolute Gasteiger partial charge is 0.111 e. The van der Waals surface area contributed by atoms with Gasteiger partial charge in [-0.05, 0) is 25.2 Å². The van der Waals surface area contributed by atoms with E-state index in [1.54, 1.807) is 0 Å². The number of rotatable bonds is 5. The lowest BCUT2D eigenvalue weighted by Gasteiger charge is -2.28. The number of aromatic nitrogens is 3. The molecule has 2 aromatic heterocycles. The Balaban J connectivity index is 2.02. The van der Waals surface area contributed by atoms with Crippen LogP contribution < -0.4 is 0 Å². The average molecular weight is 310 g/mol. The van der Waals surface area contributed by atoms with Gasteiger partial charge < -0.3 is 4.57 Å². The summed E-state index contributed by atoms with van der Waals surface area (Å²) in [5.41, 5.74) is 2.18. The number of fused-ring (bicyclic) bond motifs is 1. The SMILES string of the molecule is CSC1(Cn2c(CCCl)nc3cnccc32)CCCC1. The summed E-state index contributed by atoms with van der Waals surface area (Å²) in [7, 11) is 0. The Morgan fingerprint density at radius 2 is 2.20 bits per heavy atom. The minimum absolute atomic E-state index is 0.373. The Kier molecular flexibility index (Phi) is 4.22. The van der Waals surface area contributed by atoms with E-state index in [-0.39, 0.29) is 0 Å². The fourth-order valence-electron chi connectivity index (χ4n) is 3.22. The van der Waals surface area contributed by atoms with Crippen LogP contribution >= 0.6 is 23.4 Å². The van der Waals surface area contributed by atoms with Gasteiger partial charge in [0.05, 0.1) is 11.7 Å². The topological polar surface area (TPSA) is 30.7 Å². The molecule has 0 aliphatic heterocycles. The van der Waals surface area contributed by atoms with Gasteiger partial charge in [0.2, 0.25) is 0 Å². The second kappa shape index (κ2) is 5.94. The molecular formula is C15H20ClN3S. The van der Waals surface area contributed by atoms with E-state index in [9.17, 15) is 0 Å². The molecule has 0 amide bonds. The third kappa shape index (κ3) is 2.56. The molecule has 0 aromatic carbocycles. The van der Waals surface area contributed by atoms with E-state index in [4.69, 9.17) is 16.6 Å². The van der Waals surface area contributed by atoms with Crippen LogP contribution in [0.15, 0.2) is 18.5 Å². The maximum absolute atomic E-state index is 5.95. The lowest BCUT2D eigenvalue weighted by molar-refractivity contribution is 0.502. The predicted octanol–water partition coefficient (Wildman–Crippen LogP) is 3.89. The second-order valence-electron chi connectivity index (χ2n) is 5.51. The number of hydrogen-bond acceptors (Lipinski definition) is 3. The van der Waals surface area contributed by atoms with Crippen molar-refractivity contribution in [3.8, 4) is 0 Å². The number of aryl methyl sites for hydroxylation is 1. The van der Waals surface area contributed by atoms with Crippen LogP contribution in [0.5, 0.6) is 0 Å². The van der Waals surface area contributed by atoms with E-state index in [2.05, 4.69) is 21.9 Å². The van der Waals surface area contributed by atoms with E-state index in [0.29, 0.717) is 10.6 Å². The molecule has 0 N–H and O–H groups in total. The molecule has 0 saturated heterocycles. The molecule has 0 spiro atoms. The molecule has 2 aromatic rings. The van der Waals surface area contributed by atoms with Crippen molar-refractivity contribution in [3.63, 3.8) is 0 Å². The molecule has 3 rings (SSSR count). The molecule has 108 valence electrons. The number of hydrogen-bond donors (Lipinski definition) is 0. The molecule has 5 heteroatoms. The maximum Gasteiger partial charge on any atom is 0.111 e. The first-order chi connectivity index (χ1) is 9.78. The molecule has 3 nitrogen and oxygen atoms in total. The van der Waals surface area contributed by atoms with Gasteiger partial charge in [0.1, 0.15) is 11.3 Å². The molecule has 0 bridgehead atoms. The van der Waals surface area contributed by atoms with Gasteiger partial charge in [-0.25, -0.2) is 4.98 Å². The zero-order chi connectivity index (χ0) is 14.0. The fourth-order valence-corrected chi connectivity index (χ4v) is 4.34. The van der Waals surface area contributed by atoms with Crippen LogP contribution in [0.1, 0.15) is 31.5 Å². The van der Waals surface area contributed by atoms with Crippen LogP contribution in [-0.2, 0) is 13.0 Å². The van der Waals surface area contributed by atoms with Crippen LogP contribution in [0, 0.1) is 0 Å². The number of pyridine rings is 1. The van der Waals surface area contributed by atoms with Crippen molar-refractivity contribution in [1.82, 2.24) is 14.5 Å². The van der Waals surface area contributed by atoms with Crippen LogP contribution in [0.4, 0.5) is 0 Å². The van der Waals surface area contributed by atoms with Crippen LogP contribution in [-0.4, -0.2) is 31.4 Å². The fraction of sp³-hybridized carbons (Fsp3) is 0.600. The zero-order valence-electron chi connectivity index (χ0n) is 11.8. The Bertz CT molecular complexity index is 590. The number of imidazole rings is 1. The summed E-state index contributed by atoms with van der Waals surface area (Å²) >= 11 is 7.96. The Labute approximate surface area is 129 Å². The van der Waals surface area contributed by atoms with E-state index in [1.807, 2.05) is 24.2 Å². The zero-order valence-corrected chi connectivity index (χ0v) is 13.4. The first kappa shape index (κ1) is 14.2. The number of alkyl halides is 1. The standard InChI is InChI=1S/C15H20ClN3S/c1-20-15(6-2-3-7-15)11-19-13-5-9-17-10-12(13)18-14(19)4-8-16/h5,9-10H,2-4,6-8,11H2,1H3. The summed E-state index contributed by atoms with van der Waals surface area (Å²) in [5, 5.41) is 0. The van der Waals surface area contributed by atoms with Crippen LogP contribution in [0.3, 0.4) is 0 Å². The Morgan fingerprint density at radius 1 is 1.40 bits per heavy atom. The molecule has 0 unspecified atom stereocenters. The Morgan fingerprint density at radius 3 is 2.90 bits per heavy atom. The molecule has 1 aliphatic rings. The van der Waals surface area contributed by atoms with Gasteiger partial charge in [-0.1, -0.05) is 12.8 Å². The van der Waals surface area contributed by atoms with Crippen molar-refractivity contribution in [2.75, 3.05) is 12.1 Å². The summed E-state index contributed by atoms with van der Waals surface area (Å²) < 4.78 is 2.75. The molecule has 0 atom stereocenters. The minimum Gasteiger partial charge on any atom is -0.326 e. The second-order valence-corrected chi connectivity index (χ2v) is 7.16. The van der Waals surface area contributed by atoms with E-state index < -0.39 is 0 Å². The van der Waals surface area contributed by atoms with Crippen molar-refractivity contribution < 1.29 is 0 Å². The quantitative estimate of drug-likeness (QED) is 0.785. The maximum atomic E-state index is 5.95. The molecule has 1 aliphatic carbocycles. The van der Waals surface area contributed by atoms with E-state index in [0.717, 1.165) is 24.3 Å². The average Bonchev–Trinajstić information content (AvgIpc) is 3.07. The van der Waals surface area contributed by atoms with Gasteiger partial charge >= 0.3 is 0 Å². The normalized spacial score (nSPS) is 17.9. The van der Waals surface area contributed by atoms with Gasteiger partial charge in [0.25, 0.3) is 0 Å². The molecule has 2 heterocycles. The number of thioether (sulfide) groups is 1. The van der Waals surface area contributed by atoms with Crippen molar-refractivity contribution in [2.45, 2.75) is 43.4 Å². The molecule has 0 radical (unpaired) electrons. The van der Waals surface area contributed by atoms with Crippen molar-refractivity contribution in [3.05, 3.63) is 24.3 Å².